The first kappa shape index (κ1) is 14.1. The summed E-state index contributed by atoms with van der Waals surface area (Å²) in [6, 6.07) is 5.87. The molecule has 0 aromatic heterocycles. The van der Waals surface area contributed by atoms with Gasteiger partial charge in [-0.1, -0.05) is 38.8 Å². The zero-order valence-corrected chi connectivity index (χ0v) is 13.8. The zero-order chi connectivity index (χ0) is 13.3. The van der Waals surface area contributed by atoms with E-state index >= 15 is 0 Å². The van der Waals surface area contributed by atoms with E-state index in [0.717, 1.165) is 35.1 Å². The van der Waals surface area contributed by atoms with E-state index in [9.17, 15) is 4.79 Å². The van der Waals surface area contributed by atoms with Crippen molar-refractivity contribution in [3.05, 3.63) is 33.8 Å². The van der Waals surface area contributed by atoms with Crippen molar-refractivity contribution in [2.45, 2.75) is 25.1 Å². The van der Waals surface area contributed by atoms with Gasteiger partial charge in [0.1, 0.15) is 0 Å². The molecular formula is C14H17Br2NO. The van der Waals surface area contributed by atoms with Crippen LogP contribution >= 0.6 is 31.9 Å². The Morgan fingerprint density at radius 3 is 2.72 bits per heavy atom. The van der Waals surface area contributed by atoms with Gasteiger partial charge in [-0.25, -0.2) is 0 Å². The van der Waals surface area contributed by atoms with E-state index in [-0.39, 0.29) is 5.91 Å². The van der Waals surface area contributed by atoms with Gasteiger partial charge in [0.2, 0.25) is 0 Å². The molecule has 2 atom stereocenters. The number of carbonyl (C=O) groups is 1. The van der Waals surface area contributed by atoms with Crippen LogP contribution in [0.5, 0.6) is 0 Å². The molecule has 1 aromatic carbocycles. The smallest absolute Gasteiger partial charge is 0.253 e. The molecule has 1 fully saturated rings. The molecule has 2 unspecified atom stereocenters. The molecular weight excluding hydrogens is 358 g/mol. The molecule has 1 amide bonds. The molecule has 0 saturated carbocycles. The van der Waals surface area contributed by atoms with E-state index in [1.807, 2.05) is 30.0 Å². The lowest BCUT2D eigenvalue weighted by Gasteiger charge is -2.34. The Hall–Kier alpha value is -0.350. The average Bonchev–Trinajstić information content (AvgIpc) is 2.30. The topological polar surface area (TPSA) is 20.3 Å². The third kappa shape index (κ3) is 3.15. The predicted octanol–water partition coefficient (Wildman–Crippen LogP) is 4.00. The van der Waals surface area contributed by atoms with Crippen molar-refractivity contribution in [2.24, 2.45) is 5.92 Å². The highest BCUT2D eigenvalue weighted by atomic mass is 79.9. The molecule has 0 N–H and O–H groups in total. The van der Waals surface area contributed by atoms with Crippen LogP contribution in [0, 0.1) is 12.8 Å². The lowest BCUT2D eigenvalue weighted by Crippen LogP contribution is -2.43. The van der Waals surface area contributed by atoms with Gasteiger partial charge in [-0.2, -0.15) is 0 Å². The highest BCUT2D eigenvalue weighted by molar-refractivity contribution is 9.10. The number of alkyl halides is 1. The summed E-state index contributed by atoms with van der Waals surface area (Å²) in [5.74, 6) is 0.772. The molecule has 2 nitrogen and oxygen atoms in total. The maximum atomic E-state index is 12.4. The molecule has 1 heterocycles. The minimum Gasteiger partial charge on any atom is -0.338 e. The van der Waals surface area contributed by atoms with Crippen molar-refractivity contribution in [1.29, 1.82) is 0 Å². The first-order valence-corrected chi connectivity index (χ1v) is 7.89. The lowest BCUT2D eigenvalue weighted by atomic mass is 9.98. The summed E-state index contributed by atoms with van der Waals surface area (Å²) in [6.45, 7) is 5.89. The highest BCUT2D eigenvalue weighted by Crippen LogP contribution is 2.25. The maximum absolute atomic E-state index is 12.4. The SMILES string of the molecule is Cc1cc(Br)cc(C(=O)N2CCC(C)C(Br)C2)c1. The number of hydrogen-bond donors (Lipinski definition) is 0. The fourth-order valence-corrected chi connectivity index (χ4v) is 3.47. The van der Waals surface area contributed by atoms with Crippen molar-refractivity contribution >= 4 is 37.8 Å². The van der Waals surface area contributed by atoms with Crippen molar-refractivity contribution in [2.75, 3.05) is 13.1 Å². The van der Waals surface area contributed by atoms with Crippen LogP contribution in [0.1, 0.15) is 29.3 Å². The van der Waals surface area contributed by atoms with Crippen LogP contribution in [0.25, 0.3) is 0 Å². The summed E-state index contributed by atoms with van der Waals surface area (Å²) in [4.78, 5) is 14.8. The Kier molecular flexibility index (Phi) is 4.49. The Balaban J connectivity index is 2.16. The van der Waals surface area contributed by atoms with Gasteiger partial charge in [0, 0.05) is 28.0 Å². The van der Waals surface area contributed by atoms with Crippen LogP contribution in [0.3, 0.4) is 0 Å². The van der Waals surface area contributed by atoms with Gasteiger partial charge in [-0.05, 0) is 43.0 Å². The number of rotatable bonds is 1. The highest BCUT2D eigenvalue weighted by Gasteiger charge is 2.27. The van der Waals surface area contributed by atoms with E-state index < -0.39 is 0 Å². The van der Waals surface area contributed by atoms with E-state index in [1.165, 1.54) is 0 Å². The van der Waals surface area contributed by atoms with Gasteiger partial charge in [0.25, 0.3) is 5.91 Å². The minimum absolute atomic E-state index is 0.135. The zero-order valence-electron chi connectivity index (χ0n) is 10.6. The first-order chi connectivity index (χ1) is 8.47. The summed E-state index contributed by atoms with van der Waals surface area (Å²) in [6.07, 6.45) is 1.06. The molecule has 1 aromatic rings. The first-order valence-electron chi connectivity index (χ1n) is 6.18. The van der Waals surface area contributed by atoms with Crippen LogP contribution in [-0.2, 0) is 0 Å². The quantitative estimate of drug-likeness (QED) is 0.680. The molecule has 1 aliphatic heterocycles. The number of likely N-dealkylation sites (tertiary alicyclic amines) is 1. The van der Waals surface area contributed by atoms with Crippen LogP contribution in [0.2, 0.25) is 0 Å². The lowest BCUT2D eigenvalue weighted by molar-refractivity contribution is 0.0706. The molecule has 98 valence electrons. The van der Waals surface area contributed by atoms with Gasteiger partial charge in [0.15, 0.2) is 0 Å². The number of hydrogen-bond acceptors (Lipinski definition) is 1. The fraction of sp³-hybridized carbons (Fsp3) is 0.500. The Bertz CT molecular complexity index is 441. The minimum atomic E-state index is 0.135. The molecule has 1 saturated heterocycles. The van der Waals surface area contributed by atoms with Crippen molar-refractivity contribution in [3.63, 3.8) is 0 Å². The second-order valence-corrected chi connectivity index (χ2v) is 7.14. The molecule has 2 rings (SSSR count). The standard InChI is InChI=1S/C14H17Br2NO/c1-9-5-11(7-12(15)6-9)14(18)17-4-3-10(2)13(16)8-17/h5-7,10,13H,3-4,8H2,1-2H3. The number of aryl methyl sites for hydroxylation is 1. The number of nitrogens with zero attached hydrogens (tertiary/aromatic N) is 1. The summed E-state index contributed by atoms with van der Waals surface area (Å²) in [5.41, 5.74) is 1.88. The number of benzene rings is 1. The monoisotopic (exact) mass is 373 g/mol. The third-order valence-electron chi connectivity index (χ3n) is 3.44. The molecule has 0 bridgehead atoms. The Morgan fingerprint density at radius 1 is 1.39 bits per heavy atom. The molecule has 18 heavy (non-hydrogen) atoms. The van der Waals surface area contributed by atoms with E-state index in [4.69, 9.17) is 0 Å². The second-order valence-electron chi connectivity index (χ2n) is 5.05. The van der Waals surface area contributed by atoms with E-state index in [1.54, 1.807) is 0 Å². The second kappa shape index (κ2) is 5.74. The summed E-state index contributed by atoms with van der Waals surface area (Å²) in [7, 11) is 0. The Labute approximate surface area is 125 Å². The van der Waals surface area contributed by atoms with Gasteiger partial charge < -0.3 is 4.90 Å². The molecule has 0 aliphatic carbocycles. The third-order valence-corrected chi connectivity index (χ3v) is 5.09. The molecule has 1 aliphatic rings. The normalized spacial score (nSPS) is 24.1. The Morgan fingerprint density at radius 2 is 2.11 bits per heavy atom. The molecule has 0 radical (unpaired) electrons. The van der Waals surface area contributed by atoms with Crippen LogP contribution in [0.4, 0.5) is 0 Å². The van der Waals surface area contributed by atoms with Gasteiger partial charge in [-0.15, -0.1) is 0 Å². The van der Waals surface area contributed by atoms with Crippen molar-refractivity contribution in [1.82, 2.24) is 4.90 Å². The van der Waals surface area contributed by atoms with Gasteiger partial charge in [0.05, 0.1) is 0 Å². The van der Waals surface area contributed by atoms with E-state index in [0.29, 0.717) is 10.7 Å². The number of carbonyl (C=O) groups excluding carboxylic acids is 1. The fourth-order valence-electron chi connectivity index (χ4n) is 2.25. The largest absolute Gasteiger partial charge is 0.338 e. The molecule has 0 spiro atoms. The summed E-state index contributed by atoms with van der Waals surface area (Å²) >= 11 is 7.11. The number of halogens is 2. The number of piperidine rings is 1. The maximum Gasteiger partial charge on any atom is 0.253 e. The van der Waals surface area contributed by atoms with Crippen molar-refractivity contribution < 1.29 is 4.79 Å². The summed E-state index contributed by atoms with van der Waals surface area (Å²) in [5, 5.41) is 0. The van der Waals surface area contributed by atoms with Crippen LogP contribution in [0.15, 0.2) is 22.7 Å². The average molecular weight is 375 g/mol. The summed E-state index contributed by atoms with van der Waals surface area (Å²) < 4.78 is 0.964. The number of amides is 1. The molecule has 4 heteroatoms. The van der Waals surface area contributed by atoms with Crippen LogP contribution < -0.4 is 0 Å². The van der Waals surface area contributed by atoms with Crippen molar-refractivity contribution in [3.8, 4) is 0 Å². The van der Waals surface area contributed by atoms with Gasteiger partial charge in [-0.3, -0.25) is 4.79 Å². The van der Waals surface area contributed by atoms with Crippen LogP contribution in [-0.4, -0.2) is 28.7 Å². The van der Waals surface area contributed by atoms with E-state index in [2.05, 4.69) is 38.8 Å². The predicted molar refractivity (Wildman–Crippen MR) is 81.3 cm³/mol. The van der Waals surface area contributed by atoms with Gasteiger partial charge >= 0.3 is 0 Å².